The Labute approximate surface area is 52.8 Å². The molecule has 0 amide bonds. The van der Waals surface area contributed by atoms with Crippen LogP contribution in [0.3, 0.4) is 0 Å². The zero-order valence-corrected chi connectivity index (χ0v) is 5.23. The van der Waals surface area contributed by atoms with E-state index < -0.39 is 0 Å². The van der Waals surface area contributed by atoms with Crippen molar-refractivity contribution in [2.75, 3.05) is 0 Å². The van der Waals surface area contributed by atoms with Gasteiger partial charge in [0.1, 0.15) is 0 Å². The molecule has 9 heavy (non-hydrogen) atoms. The van der Waals surface area contributed by atoms with Gasteiger partial charge in [-0.2, -0.15) is 4.80 Å². The molecule has 1 aromatic rings. The minimum atomic E-state index is 0.0826. The summed E-state index contributed by atoms with van der Waals surface area (Å²) in [6.45, 7) is 2.52. The van der Waals surface area contributed by atoms with E-state index in [1.807, 2.05) is 6.92 Å². The normalized spacial score (nSPS) is 13.6. The van der Waals surface area contributed by atoms with Gasteiger partial charge in [0, 0.05) is 6.04 Å². The molecule has 0 aliphatic rings. The highest BCUT2D eigenvalue weighted by Gasteiger charge is 1.95. The summed E-state index contributed by atoms with van der Waals surface area (Å²) in [5, 5.41) is 10.9. The third kappa shape index (κ3) is 1.77. The van der Waals surface area contributed by atoms with Gasteiger partial charge in [-0.3, -0.25) is 0 Å². The van der Waals surface area contributed by atoms with Gasteiger partial charge in [-0.1, -0.05) is 0 Å². The molecule has 0 radical (unpaired) electrons. The van der Waals surface area contributed by atoms with Crippen LogP contribution < -0.4 is 5.73 Å². The molecule has 0 aliphatic heterocycles. The summed E-state index contributed by atoms with van der Waals surface area (Å²) in [5.41, 5.74) is 5.46. The number of tetrazole rings is 1. The van der Waals surface area contributed by atoms with E-state index >= 15 is 0 Å². The van der Waals surface area contributed by atoms with Crippen molar-refractivity contribution in [1.29, 1.82) is 0 Å². The van der Waals surface area contributed by atoms with Crippen molar-refractivity contribution in [1.82, 2.24) is 20.2 Å². The third-order valence-electron chi connectivity index (χ3n) is 0.843. The Morgan fingerprint density at radius 2 is 2.56 bits per heavy atom. The Kier molecular flexibility index (Phi) is 1.74. The quantitative estimate of drug-likeness (QED) is 0.554. The molecule has 2 N–H and O–H groups in total. The molecule has 1 rings (SSSR count). The van der Waals surface area contributed by atoms with Crippen LogP contribution in [0.2, 0.25) is 0 Å². The first kappa shape index (κ1) is 6.15. The molecule has 0 aliphatic carbocycles. The molecule has 1 atom stereocenters. The van der Waals surface area contributed by atoms with Crippen LogP contribution in [0, 0.1) is 0 Å². The summed E-state index contributed by atoms with van der Waals surface area (Å²) in [6, 6.07) is 0.0826. The van der Waals surface area contributed by atoms with Gasteiger partial charge in [0.25, 0.3) is 0 Å². The number of rotatable bonds is 2. The maximum absolute atomic E-state index is 5.46. The van der Waals surface area contributed by atoms with Gasteiger partial charge in [-0.25, -0.2) is 0 Å². The highest BCUT2D eigenvalue weighted by molar-refractivity contribution is 4.49. The molecule has 1 heterocycles. The highest BCUT2D eigenvalue weighted by atomic mass is 15.6. The molecule has 5 heteroatoms. The number of aromatic nitrogens is 4. The van der Waals surface area contributed by atoms with Gasteiger partial charge >= 0.3 is 0 Å². The lowest BCUT2D eigenvalue weighted by Gasteiger charge is -1.99. The van der Waals surface area contributed by atoms with E-state index in [1.54, 1.807) is 0 Å². The zero-order valence-electron chi connectivity index (χ0n) is 5.23. The van der Waals surface area contributed by atoms with Gasteiger partial charge in [0.05, 0.1) is 6.54 Å². The largest absolute Gasteiger partial charge is 0.326 e. The summed E-state index contributed by atoms with van der Waals surface area (Å²) >= 11 is 0. The Morgan fingerprint density at radius 1 is 1.78 bits per heavy atom. The monoisotopic (exact) mass is 127 g/mol. The van der Waals surface area contributed by atoms with E-state index in [1.165, 1.54) is 11.1 Å². The highest BCUT2D eigenvalue weighted by Crippen LogP contribution is 1.78. The molecular formula is C4H9N5. The first-order valence-electron chi connectivity index (χ1n) is 2.75. The second-order valence-electron chi connectivity index (χ2n) is 1.97. The first-order valence-corrected chi connectivity index (χ1v) is 2.75. The fourth-order valence-corrected chi connectivity index (χ4v) is 0.530. The van der Waals surface area contributed by atoms with Crippen molar-refractivity contribution in [2.24, 2.45) is 5.73 Å². The number of hydrogen-bond acceptors (Lipinski definition) is 4. The van der Waals surface area contributed by atoms with Crippen LogP contribution in [0.1, 0.15) is 6.92 Å². The number of nitrogens with zero attached hydrogens (tertiary/aromatic N) is 4. The summed E-state index contributed by atoms with van der Waals surface area (Å²) in [6.07, 6.45) is 1.39. The summed E-state index contributed by atoms with van der Waals surface area (Å²) in [7, 11) is 0. The van der Waals surface area contributed by atoms with Crippen LogP contribution >= 0.6 is 0 Å². The second-order valence-corrected chi connectivity index (χ2v) is 1.97. The Bertz CT molecular complexity index is 155. The minimum Gasteiger partial charge on any atom is -0.326 e. The molecule has 1 aromatic heterocycles. The number of hydrogen-bond donors (Lipinski definition) is 1. The average Bonchev–Trinajstić information content (AvgIpc) is 2.15. The fraction of sp³-hybridized carbons (Fsp3) is 0.750. The average molecular weight is 127 g/mol. The molecule has 0 bridgehead atoms. The van der Waals surface area contributed by atoms with Gasteiger partial charge in [-0.15, -0.1) is 10.2 Å². The predicted molar refractivity (Wildman–Crippen MR) is 31.5 cm³/mol. The molecule has 0 saturated carbocycles. The minimum absolute atomic E-state index is 0.0826. The molecule has 5 nitrogen and oxygen atoms in total. The van der Waals surface area contributed by atoms with Crippen molar-refractivity contribution < 1.29 is 0 Å². The molecule has 0 spiro atoms. The van der Waals surface area contributed by atoms with Crippen LogP contribution in [0.4, 0.5) is 0 Å². The van der Waals surface area contributed by atoms with Crippen LogP contribution in [-0.2, 0) is 6.54 Å². The molecule has 0 fully saturated rings. The van der Waals surface area contributed by atoms with Crippen molar-refractivity contribution >= 4 is 0 Å². The van der Waals surface area contributed by atoms with E-state index in [9.17, 15) is 0 Å². The maximum Gasteiger partial charge on any atom is 0.162 e. The van der Waals surface area contributed by atoms with Crippen LogP contribution in [0.5, 0.6) is 0 Å². The van der Waals surface area contributed by atoms with Gasteiger partial charge in [0.2, 0.25) is 0 Å². The first-order chi connectivity index (χ1) is 4.29. The summed E-state index contributed by atoms with van der Waals surface area (Å²) < 4.78 is 0. The van der Waals surface area contributed by atoms with Crippen molar-refractivity contribution in [3.05, 3.63) is 6.33 Å². The standard InChI is InChI=1S/C4H9N5/c1-4(5)2-9-7-3-6-8-9/h3-4H,2,5H2,1H3/t4-/m1/s1. The van der Waals surface area contributed by atoms with E-state index in [4.69, 9.17) is 5.73 Å². The lowest BCUT2D eigenvalue weighted by molar-refractivity contribution is 0.472. The number of nitrogens with two attached hydrogens (primary N) is 1. The molecule has 0 unspecified atom stereocenters. The lowest BCUT2D eigenvalue weighted by Crippen LogP contribution is -2.23. The fourth-order valence-electron chi connectivity index (χ4n) is 0.530. The molecular weight excluding hydrogens is 118 g/mol. The van der Waals surface area contributed by atoms with Crippen molar-refractivity contribution in [2.45, 2.75) is 19.5 Å². The van der Waals surface area contributed by atoms with Gasteiger partial charge in [-0.05, 0) is 12.1 Å². The molecule has 0 aromatic carbocycles. The zero-order chi connectivity index (χ0) is 6.69. The Balaban J connectivity index is 2.48. The van der Waals surface area contributed by atoms with Crippen molar-refractivity contribution in [3.63, 3.8) is 0 Å². The van der Waals surface area contributed by atoms with Crippen LogP contribution in [0.15, 0.2) is 6.33 Å². The van der Waals surface area contributed by atoms with Crippen molar-refractivity contribution in [3.8, 4) is 0 Å². The van der Waals surface area contributed by atoms with E-state index in [0.29, 0.717) is 6.54 Å². The maximum atomic E-state index is 5.46. The Morgan fingerprint density at radius 3 is 3.00 bits per heavy atom. The van der Waals surface area contributed by atoms with Gasteiger partial charge < -0.3 is 5.73 Å². The smallest absolute Gasteiger partial charge is 0.162 e. The SMILES string of the molecule is C[C@@H](N)Cn1ncnn1. The Hall–Kier alpha value is -0.970. The second kappa shape index (κ2) is 2.54. The lowest BCUT2D eigenvalue weighted by atomic mass is 10.4. The summed E-state index contributed by atoms with van der Waals surface area (Å²) in [5.74, 6) is 0. The van der Waals surface area contributed by atoms with Crippen LogP contribution in [0.25, 0.3) is 0 Å². The van der Waals surface area contributed by atoms with E-state index in [0.717, 1.165) is 0 Å². The van der Waals surface area contributed by atoms with E-state index in [2.05, 4.69) is 15.4 Å². The summed E-state index contributed by atoms with van der Waals surface area (Å²) in [4.78, 5) is 1.46. The predicted octanol–water partition coefficient (Wildman–Crippen LogP) is -0.980. The van der Waals surface area contributed by atoms with E-state index in [-0.39, 0.29) is 6.04 Å². The topological polar surface area (TPSA) is 69.6 Å². The van der Waals surface area contributed by atoms with Gasteiger partial charge in [0.15, 0.2) is 6.33 Å². The molecule has 0 saturated heterocycles. The van der Waals surface area contributed by atoms with Crippen LogP contribution in [-0.4, -0.2) is 26.2 Å². The third-order valence-corrected chi connectivity index (χ3v) is 0.843. The molecule has 50 valence electrons.